The third kappa shape index (κ3) is 3.40. The van der Waals surface area contributed by atoms with E-state index in [0.29, 0.717) is 12.1 Å². The van der Waals surface area contributed by atoms with Crippen LogP contribution in [-0.4, -0.2) is 22.5 Å². The zero-order valence-electron chi connectivity index (χ0n) is 12.8. The van der Waals surface area contributed by atoms with E-state index >= 15 is 0 Å². The normalized spacial score (nSPS) is 12.1. The molecule has 23 heavy (non-hydrogen) atoms. The Balaban J connectivity index is 2.08. The van der Waals surface area contributed by atoms with E-state index in [9.17, 15) is 5.11 Å². The molecule has 116 valence electrons. The van der Waals surface area contributed by atoms with Gasteiger partial charge in [-0.2, -0.15) is 5.10 Å². The summed E-state index contributed by atoms with van der Waals surface area (Å²) in [6, 6.07) is 17.2. The number of nitrogens with zero attached hydrogens (tertiary/aromatic N) is 3. The van der Waals surface area contributed by atoms with Gasteiger partial charge >= 0.3 is 0 Å². The van der Waals surface area contributed by atoms with Crippen molar-refractivity contribution in [1.29, 1.82) is 0 Å². The Kier molecular flexibility index (Phi) is 4.68. The maximum Gasteiger partial charge on any atom is 0.206 e. The quantitative estimate of drug-likeness (QED) is 0.731. The summed E-state index contributed by atoms with van der Waals surface area (Å²) in [6.45, 7) is 2.69. The van der Waals surface area contributed by atoms with Gasteiger partial charge in [0.1, 0.15) is 5.75 Å². The molecular weight excluding hydrogens is 306 g/mol. The van der Waals surface area contributed by atoms with Crippen LogP contribution in [0.4, 0.5) is 0 Å². The van der Waals surface area contributed by atoms with Crippen LogP contribution in [0.5, 0.6) is 5.75 Å². The zero-order valence-corrected chi connectivity index (χ0v) is 13.6. The smallest absolute Gasteiger partial charge is 0.206 e. The number of phenols is 1. The average Bonchev–Trinajstić information content (AvgIpc) is 2.98. The third-order valence-electron chi connectivity index (χ3n) is 3.30. The van der Waals surface area contributed by atoms with Crippen molar-refractivity contribution in [1.82, 2.24) is 4.68 Å². The lowest BCUT2D eigenvalue weighted by Crippen LogP contribution is -2.12. The standard InChI is InChI=1S/C18H17N3OS/c1-2-19-18-21(20-12-15-10-6-7-11-17(15)22)16(13-23-18)14-8-4-3-5-9-14/h3-13,22H,2H2,1H3. The molecule has 0 saturated heterocycles. The highest BCUT2D eigenvalue weighted by Crippen LogP contribution is 2.20. The van der Waals surface area contributed by atoms with E-state index in [1.165, 1.54) is 0 Å². The van der Waals surface area contributed by atoms with E-state index in [2.05, 4.69) is 10.1 Å². The fourth-order valence-electron chi connectivity index (χ4n) is 2.18. The summed E-state index contributed by atoms with van der Waals surface area (Å²) >= 11 is 1.55. The maximum atomic E-state index is 9.88. The first kappa shape index (κ1) is 15.2. The van der Waals surface area contributed by atoms with Gasteiger partial charge in [-0.1, -0.05) is 42.5 Å². The second-order valence-corrected chi connectivity index (χ2v) is 5.70. The van der Waals surface area contributed by atoms with E-state index in [4.69, 9.17) is 0 Å². The lowest BCUT2D eigenvalue weighted by molar-refractivity contribution is 0.474. The highest BCUT2D eigenvalue weighted by atomic mass is 32.1. The molecule has 0 atom stereocenters. The largest absolute Gasteiger partial charge is 0.507 e. The molecule has 0 amide bonds. The molecule has 1 aromatic heterocycles. The monoisotopic (exact) mass is 323 g/mol. The van der Waals surface area contributed by atoms with Crippen molar-refractivity contribution in [3.05, 3.63) is 70.3 Å². The fraction of sp³-hybridized carbons (Fsp3) is 0.111. The Labute approximate surface area is 138 Å². The van der Waals surface area contributed by atoms with Gasteiger partial charge in [0.25, 0.3) is 0 Å². The van der Waals surface area contributed by atoms with Crippen molar-refractivity contribution in [2.45, 2.75) is 6.92 Å². The first-order chi connectivity index (χ1) is 11.3. The molecule has 0 aliphatic carbocycles. The fourth-order valence-corrected chi connectivity index (χ4v) is 3.08. The Morgan fingerprint density at radius 2 is 1.83 bits per heavy atom. The molecule has 0 fully saturated rings. The van der Waals surface area contributed by atoms with Gasteiger partial charge in [-0.3, -0.25) is 4.99 Å². The van der Waals surface area contributed by atoms with Gasteiger partial charge in [-0.05, 0) is 19.1 Å². The van der Waals surface area contributed by atoms with Gasteiger partial charge in [0.15, 0.2) is 0 Å². The van der Waals surface area contributed by atoms with Crippen LogP contribution in [0, 0.1) is 0 Å². The van der Waals surface area contributed by atoms with E-state index in [0.717, 1.165) is 16.1 Å². The molecule has 5 heteroatoms. The number of benzene rings is 2. The van der Waals surface area contributed by atoms with E-state index in [1.807, 2.05) is 59.4 Å². The van der Waals surface area contributed by atoms with Gasteiger partial charge in [0, 0.05) is 23.1 Å². The van der Waals surface area contributed by atoms with Crippen LogP contribution < -0.4 is 4.80 Å². The second-order valence-electron chi connectivity index (χ2n) is 4.86. The van der Waals surface area contributed by atoms with Gasteiger partial charge in [-0.25, -0.2) is 4.68 Å². The van der Waals surface area contributed by atoms with Crippen molar-refractivity contribution in [3.8, 4) is 17.0 Å². The second kappa shape index (κ2) is 7.07. The van der Waals surface area contributed by atoms with Crippen LogP contribution in [0.15, 0.2) is 70.1 Å². The summed E-state index contributed by atoms with van der Waals surface area (Å²) in [5.41, 5.74) is 2.73. The van der Waals surface area contributed by atoms with Gasteiger partial charge in [-0.15, -0.1) is 11.3 Å². The van der Waals surface area contributed by atoms with Crippen LogP contribution in [0.3, 0.4) is 0 Å². The zero-order chi connectivity index (χ0) is 16.1. The highest BCUT2D eigenvalue weighted by Gasteiger charge is 2.06. The molecule has 2 aromatic carbocycles. The van der Waals surface area contributed by atoms with Crippen LogP contribution in [0.1, 0.15) is 12.5 Å². The summed E-state index contributed by atoms with van der Waals surface area (Å²) in [6.07, 6.45) is 1.66. The number of para-hydroxylation sites is 1. The summed E-state index contributed by atoms with van der Waals surface area (Å²) in [4.78, 5) is 5.32. The topological polar surface area (TPSA) is 49.9 Å². The van der Waals surface area contributed by atoms with E-state index in [1.54, 1.807) is 29.7 Å². The number of hydrogen-bond donors (Lipinski definition) is 1. The van der Waals surface area contributed by atoms with Crippen molar-refractivity contribution < 1.29 is 5.11 Å². The Bertz CT molecular complexity index is 879. The number of aromatic nitrogens is 1. The van der Waals surface area contributed by atoms with Crippen molar-refractivity contribution in [2.75, 3.05) is 6.54 Å². The first-order valence-electron chi connectivity index (χ1n) is 7.38. The summed E-state index contributed by atoms with van der Waals surface area (Å²) in [5, 5.41) is 16.5. The molecule has 0 bridgehead atoms. The number of aromatic hydroxyl groups is 1. The molecular formula is C18H17N3OS. The molecule has 0 radical (unpaired) electrons. The molecule has 4 nitrogen and oxygen atoms in total. The third-order valence-corrected chi connectivity index (χ3v) is 4.15. The molecule has 1 N–H and O–H groups in total. The molecule has 3 rings (SSSR count). The minimum atomic E-state index is 0.210. The van der Waals surface area contributed by atoms with Crippen molar-refractivity contribution >= 4 is 17.6 Å². The Hall–Kier alpha value is -2.66. The molecule has 0 saturated carbocycles. The van der Waals surface area contributed by atoms with Crippen LogP contribution in [0.2, 0.25) is 0 Å². The lowest BCUT2D eigenvalue weighted by atomic mass is 10.2. The lowest BCUT2D eigenvalue weighted by Gasteiger charge is -2.03. The summed E-state index contributed by atoms with van der Waals surface area (Å²) in [7, 11) is 0. The van der Waals surface area contributed by atoms with Gasteiger partial charge in [0.2, 0.25) is 4.80 Å². The van der Waals surface area contributed by atoms with Crippen LogP contribution in [0.25, 0.3) is 11.3 Å². The van der Waals surface area contributed by atoms with E-state index in [-0.39, 0.29) is 5.75 Å². The Morgan fingerprint density at radius 1 is 1.09 bits per heavy atom. The summed E-state index contributed by atoms with van der Waals surface area (Å²) in [5.74, 6) is 0.210. The predicted octanol–water partition coefficient (Wildman–Crippen LogP) is 3.73. The first-order valence-corrected chi connectivity index (χ1v) is 8.26. The molecule has 0 aliphatic rings. The molecule has 0 unspecified atom stereocenters. The van der Waals surface area contributed by atoms with Crippen molar-refractivity contribution in [2.24, 2.45) is 10.1 Å². The summed E-state index contributed by atoms with van der Waals surface area (Å²) < 4.78 is 1.82. The molecule has 1 heterocycles. The van der Waals surface area contributed by atoms with Crippen molar-refractivity contribution in [3.63, 3.8) is 0 Å². The number of hydrogen-bond acceptors (Lipinski definition) is 4. The van der Waals surface area contributed by atoms with Crippen LogP contribution >= 0.6 is 11.3 Å². The molecule has 3 aromatic rings. The minimum absolute atomic E-state index is 0.210. The Morgan fingerprint density at radius 3 is 2.57 bits per heavy atom. The predicted molar refractivity (Wildman–Crippen MR) is 94.9 cm³/mol. The van der Waals surface area contributed by atoms with Gasteiger partial charge < -0.3 is 5.11 Å². The maximum absolute atomic E-state index is 9.88. The van der Waals surface area contributed by atoms with E-state index < -0.39 is 0 Å². The molecule has 0 aliphatic heterocycles. The number of thiazole rings is 1. The number of phenolic OH excluding ortho intramolecular Hbond substituents is 1. The number of rotatable bonds is 4. The SMILES string of the molecule is CCN=c1scc(-c2ccccc2)n1N=Cc1ccccc1O. The van der Waals surface area contributed by atoms with Gasteiger partial charge in [0.05, 0.1) is 11.9 Å². The van der Waals surface area contributed by atoms with Crippen LogP contribution in [-0.2, 0) is 0 Å². The highest BCUT2D eigenvalue weighted by molar-refractivity contribution is 7.07. The minimum Gasteiger partial charge on any atom is -0.507 e. The average molecular weight is 323 g/mol. The molecule has 0 spiro atoms.